The number of morpholine rings is 1. The first kappa shape index (κ1) is 24.6. The van der Waals surface area contributed by atoms with Gasteiger partial charge in [0.1, 0.15) is 23.8 Å². The van der Waals surface area contributed by atoms with Crippen molar-refractivity contribution in [2.75, 3.05) is 32.8 Å². The highest BCUT2D eigenvalue weighted by Crippen LogP contribution is 2.30. The van der Waals surface area contributed by atoms with Gasteiger partial charge in [0.05, 0.1) is 18.6 Å². The topological polar surface area (TPSA) is 93.9 Å². The van der Waals surface area contributed by atoms with Gasteiger partial charge in [0, 0.05) is 37.9 Å². The van der Waals surface area contributed by atoms with Crippen molar-refractivity contribution < 1.29 is 23.8 Å². The van der Waals surface area contributed by atoms with Gasteiger partial charge in [-0.15, -0.1) is 0 Å². The fourth-order valence-corrected chi connectivity index (χ4v) is 4.37. The molecule has 0 atom stereocenters. The standard InChI is InChI=1S/C28H26FN3O5/c29-22-8-6-20(7-9-22)21-16-23-25(33)24(28(35)37-18-19-4-2-1-3-5-19)27(34)32(26(23)30-17-21)11-10-31-12-14-36-15-13-31/h1-9,16-17,33H,10-15,18H2. The number of halogens is 1. The maximum atomic E-state index is 13.5. The number of fused-ring (bicyclic) bond motifs is 1. The van der Waals surface area contributed by atoms with E-state index in [0.29, 0.717) is 30.9 Å². The molecule has 37 heavy (non-hydrogen) atoms. The largest absolute Gasteiger partial charge is 0.506 e. The van der Waals surface area contributed by atoms with Crippen molar-refractivity contribution in [1.29, 1.82) is 0 Å². The molecule has 0 aliphatic carbocycles. The summed E-state index contributed by atoms with van der Waals surface area (Å²) in [5, 5.41) is 11.3. The number of carbonyl (C=O) groups is 1. The summed E-state index contributed by atoms with van der Waals surface area (Å²) in [5.74, 6) is -1.78. The quantitative estimate of drug-likeness (QED) is 0.385. The first-order chi connectivity index (χ1) is 18.0. The van der Waals surface area contributed by atoms with Crippen LogP contribution in [-0.2, 0) is 22.6 Å². The second kappa shape index (κ2) is 10.9. The summed E-state index contributed by atoms with van der Waals surface area (Å²) < 4.78 is 25.6. The molecule has 0 spiro atoms. The van der Waals surface area contributed by atoms with E-state index in [1.165, 1.54) is 16.7 Å². The Kier molecular flexibility index (Phi) is 7.25. The number of aromatic hydroxyl groups is 1. The van der Waals surface area contributed by atoms with Crippen LogP contribution in [0.1, 0.15) is 15.9 Å². The second-order valence-electron chi connectivity index (χ2n) is 8.80. The fraction of sp³-hybridized carbons (Fsp3) is 0.250. The third kappa shape index (κ3) is 5.37. The molecular weight excluding hydrogens is 477 g/mol. The van der Waals surface area contributed by atoms with Crippen LogP contribution >= 0.6 is 0 Å². The van der Waals surface area contributed by atoms with Gasteiger partial charge in [-0.25, -0.2) is 14.2 Å². The van der Waals surface area contributed by atoms with Crippen molar-refractivity contribution in [3.05, 3.63) is 94.2 Å². The van der Waals surface area contributed by atoms with E-state index in [1.54, 1.807) is 36.5 Å². The molecule has 2 aromatic carbocycles. The van der Waals surface area contributed by atoms with Crippen LogP contribution in [0.4, 0.5) is 4.39 Å². The molecule has 2 aromatic heterocycles. The van der Waals surface area contributed by atoms with E-state index in [-0.39, 0.29) is 30.0 Å². The summed E-state index contributed by atoms with van der Waals surface area (Å²) in [4.78, 5) is 33.2. The maximum Gasteiger partial charge on any atom is 0.347 e. The number of ether oxygens (including phenoxy) is 2. The van der Waals surface area contributed by atoms with E-state index < -0.39 is 22.8 Å². The van der Waals surface area contributed by atoms with E-state index in [0.717, 1.165) is 18.7 Å². The van der Waals surface area contributed by atoms with Gasteiger partial charge >= 0.3 is 5.97 Å². The molecule has 0 saturated carbocycles. The summed E-state index contributed by atoms with van der Waals surface area (Å²) in [6.07, 6.45) is 1.56. The van der Waals surface area contributed by atoms with Crippen LogP contribution in [-0.4, -0.2) is 58.4 Å². The molecule has 8 nitrogen and oxygen atoms in total. The van der Waals surface area contributed by atoms with Crippen molar-refractivity contribution in [3.8, 4) is 16.9 Å². The Morgan fingerprint density at radius 1 is 1.03 bits per heavy atom. The lowest BCUT2D eigenvalue weighted by molar-refractivity contribution is 0.0363. The van der Waals surface area contributed by atoms with Gasteiger partial charge in [-0.1, -0.05) is 42.5 Å². The average Bonchev–Trinajstić information content (AvgIpc) is 2.93. The lowest BCUT2D eigenvalue weighted by Gasteiger charge is -2.27. The number of esters is 1. The van der Waals surface area contributed by atoms with Gasteiger partial charge in [0.2, 0.25) is 0 Å². The Balaban J connectivity index is 1.55. The summed E-state index contributed by atoms with van der Waals surface area (Å²) >= 11 is 0. The fourth-order valence-electron chi connectivity index (χ4n) is 4.37. The van der Waals surface area contributed by atoms with Gasteiger partial charge in [0.25, 0.3) is 5.56 Å². The predicted octanol–water partition coefficient (Wildman–Crippen LogP) is 3.60. The van der Waals surface area contributed by atoms with Crippen LogP contribution in [0.2, 0.25) is 0 Å². The molecule has 1 fully saturated rings. The highest BCUT2D eigenvalue weighted by Gasteiger charge is 2.25. The third-order valence-corrected chi connectivity index (χ3v) is 6.41. The lowest BCUT2D eigenvalue weighted by atomic mass is 10.0. The number of benzene rings is 2. The van der Waals surface area contributed by atoms with Crippen molar-refractivity contribution in [2.24, 2.45) is 0 Å². The van der Waals surface area contributed by atoms with Gasteiger partial charge < -0.3 is 14.6 Å². The Hall–Kier alpha value is -4.08. The first-order valence-electron chi connectivity index (χ1n) is 12.0. The zero-order chi connectivity index (χ0) is 25.8. The van der Waals surface area contributed by atoms with Gasteiger partial charge in [-0.2, -0.15) is 0 Å². The molecule has 1 aliphatic heterocycles. The summed E-state index contributed by atoms with van der Waals surface area (Å²) in [6, 6.07) is 16.6. The maximum absolute atomic E-state index is 13.5. The smallest absolute Gasteiger partial charge is 0.347 e. The zero-order valence-electron chi connectivity index (χ0n) is 20.1. The third-order valence-electron chi connectivity index (χ3n) is 6.41. The minimum Gasteiger partial charge on any atom is -0.506 e. The average molecular weight is 504 g/mol. The van der Waals surface area contributed by atoms with Gasteiger partial charge in [-0.05, 0) is 29.3 Å². The molecule has 0 bridgehead atoms. The van der Waals surface area contributed by atoms with Crippen molar-refractivity contribution in [3.63, 3.8) is 0 Å². The summed E-state index contributed by atoms with van der Waals surface area (Å²) in [5.41, 5.74) is 1.17. The van der Waals surface area contributed by atoms with Crippen LogP contribution in [0.15, 0.2) is 71.7 Å². The Labute approximate surface area is 212 Å². The molecule has 0 radical (unpaired) electrons. The number of nitrogens with zero attached hydrogens (tertiary/aromatic N) is 3. The van der Waals surface area contributed by atoms with Crippen molar-refractivity contribution in [1.82, 2.24) is 14.5 Å². The highest BCUT2D eigenvalue weighted by molar-refractivity contribution is 5.99. The molecule has 0 amide bonds. The van der Waals surface area contributed by atoms with E-state index in [9.17, 15) is 19.1 Å². The molecule has 1 N–H and O–H groups in total. The normalized spacial score (nSPS) is 14.1. The molecule has 9 heteroatoms. The molecule has 190 valence electrons. The van der Waals surface area contributed by atoms with E-state index >= 15 is 0 Å². The molecule has 0 unspecified atom stereocenters. The van der Waals surface area contributed by atoms with E-state index in [1.807, 2.05) is 18.2 Å². The SMILES string of the molecule is O=C(OCc1ccccc1)c1c(O)c2cc(-c3ccc(F)cc3)cnc2n(CCN2CCOCC2)c1=O. The highest BCUT2D eigenvalue weighted by atomic mass is 19.1. The van der Waals surface area contributed by atoms with E-state index in [4.69, 9.17) is 9.47 Å². The predicted molar refractivity (Wildman–Crippen MR) is 136 cm³/mol. The van der Waals surface area contributed by atoms with Crippen molar-refractivity contribution in [2.45, 2.75) is 13.2 Å². The monoisotopic (exact) mass is 503 g/mol. The molecule has 5 rings (SSSR count). The molecular formula is C28H26FN3O5. The number of hydrogen-bond donors (Lipinski definition) is 1. The Morgan fingerprint density at radius 2 is 1.76 bits per heavy atom. The van der Waals surface area contributed by atoms with Crippen LogP contribution in [0.5, 0.6) is 5.75 Å². The summed E-state index contributed by atoms with van der Waals surface area (Å²) in [6.45, 7) is 3.46. The number of aromatic nitrogens is 2. The number of rotatable bonds is 7. The van der Waals surface area contributed by atoms with Gasteiger partial charge in [-0.3, -0.25) is 14.3 Å². The van der Waals surface area contributed by atoms with Gasteiger partial charge in [0.15, 0.2) is 5.56 Å². The summed E-state index contributed by atoms with van der Waals surface area (Å²) in [7, 11) is 0. The van der Waals surface area contributed by atoms with Crippen LogP contribution in [0.25, 0.3) is 22.2 Å². The second-order valence-corrected chi connectivity index (χ2v) is 8.80. The molecule has 3 heterocycles. The van der Waals surface area contributed by atoms with Crippen molar-refractivity contribution >= 4 is 17.0 Å². The Bertz CT molecular complexity index is 1470. The molecule has 1 aliphatic rings. The molecule has 4 aromatic rings. The van der Waals surface area contributed by atoms with Crippen LogP contribution in [0, 0.1) is 5.82 Å². The Morgan fingerprint density at radius 3 is 2.49 bits per heavy atom. The van der Waals surface area contributed by atoms with Crippen LogP contribution < -0.4 is 5.56 Å². The molecule has 1 saturated heterocycles. The number of hydrogen-bond acceptors (Lipinski definition) is 7. The van der Waals surface area contributed by atoms with Crippen LogP contribution in [0.3, 0.4) is 0 Å². The van der Waals surface area contributed by atoms with E-state index in [2.05, 4.69) is 9.88 Å². The first-order valence-corrected chi connectivity index (χ1v) is 12.0. The number of pyridine rings is 2. The minimum atomic E-state index is -0.916. The minimum absolute atomic E-state index is 0.0434. The zero-order valence-corrected chi connectivity index (χ0v) is 20.1. The number of carbonyl (C=O) groups excluding carboxylic acids is 1. The lowest BCUT2D eigenvalue weighted by Crippen LogP contribution is -2.40.